The zero-order valence-corrected chi connectivity index (χ0v) is 18.2. The third kappa shape index (κ3) is 4.22. The molecule has 9 nitrogen and oxygen atoms in total. The number of hydrogen-bond donors (Lipinski definition) is 2. The third-order valence-corrected chi connectivity index (χ3v) is 5.11. The first-order valence-electron chi connectivity index (χ1n) is 10.3. The van der Waals surface area contributed by atoms with Crippen molar-refractivity contribution >= 4 is 29.0 Å². The van der Waals surface area contributed by atoms with Crippen LogP contribution in [-0.2, 0) is 15.0 Å². The molecule has 0 saturated heterocycles. The van der Waals surface area contributed by atoms with E-state index < -0.39 is 17.9 Å². The minimum atomic E-state index is -0.732. The van der Waals surface area contributed by atoms with Crippen LogP contribution in [0.4, 0.5) is 11.5 Å². The van der Waals surface area contributed by atoms with Gasteiger partial charge in [0.25, 0.3) is 5.91 Å². The zero-order chi connectivity index (χ0) is 22.9. The lowest BCUT2D eigenvalue weighted by Crippen LogP contribution is -2.39. The number of carbonyl (C=O) groups excluding carboxylic acids is 2. The highest BCUT2D eigenvalue weighted by Gasteiger charge is 2.35. The molecule has 1 aromatic carbocycles. The van der Waals surface area contributed by atoms with Gasteiger partial charge in [0, 0.05) is 24.1 Å². The van der Waals surface area contributed by atoms with E-state index in [-0.39, 0.29) is 17.5 Å². The Morgan fingerprint density at radius 2 is 1.81 bits per heavy atom. The second-order valence-electron chi connectivity index (χ2n) is 8.57. The molecule has 1 aliphatic rings. The molecule has 32 heavy (non-hydrogen) atoms. The van der Waals surface area contributed by atoms with Crippen LogP contribution in [0.5, 0.6) is 0 Å². The number of para-hydroxylation sites is 1. The molecule has 0 spiro atoms. The molecule has 0 aliphatic carbocycles. The van der Waals surface area contributed by atoms with Crippen LogP contribution in [0.1, 0.15) is 32.9 Å². The van der Waals surface area contributed by atoms with Gasteiger partial charge < -0.3 is 11.1 Å². The molecular formula is C23H25N7O2. The number of rotatable bonds is 5. The van der Waals surface area contributed by atoms with Crippen LogP contribution in [-0.4, -0.2) is 38.3 Å². The van der Waals surface area contributed by atoms with Crippen molar-refractivity contribution in [2.45, 2.75) is 38.6 Å². The molecule has 9 heteroatoms. The normalized spacial score (nSPS) is 16.0. The third-order valence-electron chi connectivity index (χ3n) is 5.11. The summed E-state index contributed by atoms with van der Waals surface area (Å²) in [6.07, 6.45) is 1.77. The van der Waals surface area contributed by atoms with Crippen LogP contribution in [0.15, 0.2) is 65.9 Å². The van der Waals surface area contributed by atoms with Crippen molar-refractivity contribution < 1.29 is 9.59 Å². The van der Waals surface area contributed by atoms with Crippen molar-refractivity contribution in [3.05, 3.63) is 66.5 Å². The maximum absolute atomic E-state index is 13.1. The summed E-state index contributed by atoms with van der Waals surface area (Å²) >= 11 is 0. The lowest BCUT2D eigenvalue weighted by molar-refractivity contribution is -0.119. The number of carbonyl (C=O) groups is 2. The number of nitrogens with zero attached hydrogens (tertiary/aromatic N) is 5. The van der Waals surface area contributed by atoms with Gasteiger partial charge >= 0.3 is 0 Å². The maximum atomic E-state index is 13.1. The van der Waals surface area contributed by atoms with E-state index in [1.807, 2.05) is 75.4 Å². The molecule has 4 rings (SSSR count). The molecule has 1 aliphatic heterocycles. The van der Waals surface area contributed by atoms with Gasteiger partial charge in [0.15, 0.2) is 5.82 Å². The van der Waals surface area contributed by atoms with Crippen molar-refractivity contribution in [2.75, 3.05) is 10.3 Å². The van der Waals surface area contributed by atoms with E-state index in [2.05, 4.69) is 20.5 Å². The first-order valence-corrected chi connectivity index (χ1v) is 10.3. The van der Waals surface area contributed by atoms with Gasteiger partial charge in [-0.05, 0) is 24.3 Å². The molecule has 3 N–H and O–H groups in total. The smallest absolute Gasteiger partial charge is 0.273 e. The Bertz CT molecular complexity index is 1160. The maximum Gasteiger partial charge on any atom is 0.273 e. The Hall–Kier alpha value is -4.01. The fourth-order valence-corrected chi connectivity index (χ4v) is 3.37. The lowest BCUT2D eigenvalue weighted by Gasteiger charge is -2.20. The Morgan fingerprint density at radius 3 is 2.44 bits per heavy atom. The Morgan fingerprint density at radius 1 is 1.09 bits per heavy atom. The van der Waals surface area contributed by atoms with Gasteiger partial charge in [0.2, 0.25) is 5.91 Å². The molecule has 2 amide bonds. The number of nitrogens with two attached hydrogens (primary N) is 1. The van der Waals surface area contributed by atoms with Gasteiger partial charge in [-0.15, -0.1) is 0 Å². The minimum absolute atomic E-state index is 0.111. The van der Waals surface area contributed by atoms with Crippen molar-refractivity contribution in [3.63, 3.8) is 0 Å². The summed E-state index contributed by atoms with van der Waals surface area (Å²) in [5.74, 6) is 0.0730. The number of hydrogen-bond acceptors (Lipinski definition) is 6. The molecule has 1 unspecified atom stereocenters. The van der Waals surface area contributed by atoms with Crippen molar-refractivity contribution in [3.8, 4) is 5.82 Å². The predicted octanol–water partition coefficient (Wildman–Crippen LogP) is 2.62. The Labute approximate surface area is 185 Å². The van der Waals surface area contributed by atoms with E-state index in [4.69, 9.17) is 5.73 Å². The summed E-state index contributed by atoms with van der Waals surface area (Å²) in [6.45, 7) is 6.12. The highest BCUT2D eigenvalue weighted by Crippen LogP contribution is 2.27. The Balaban J connectivity index is 1.65. The van der Waals surface area contributed by atoms with Crippen LogP contribution in [0.25, 0.3) is 5.82 Å². The molecule has 164 valence electrons. The number of amides is 2. The average Bonchev–Trinajstić information content (AvgIpc) is 3.40. The number of pyridine rings is 1. The van der Waals surface area contributed by atoms with Crippen molar-refractivity contribution in [1.29, 1.82) is 0 Å². The number of benzene rings is 1. The molecule has 0 radical (unpaired) electrons. The summed E-state index contributed by atoms with van der Waals surface area (Å²) in [5, 5.41) is 13.4. The van der Waals surface area contributed by atoms with E-state index in [0.717, 1.165) is 5.69 Å². The van der Waals surface area contributed by atoms with Gasteiger partial charge in [-0.25, -0.2) is 4.98 Å². The standard InChI is InChI=1S/C23H25N7O2/c1-23(2,3)18-14-20(30(28-18)19-11-7-8-12-25-19)26-22(32)16-13-17(21(24)31)29(27-16)15-9-5-4-6-10-15/h4-12,14,17H,13H2,1-3H3,(H2,24,31)(H,26,32). The first kappa shape index (κ1) is 21.2. The van der Waals surface area contributed by atoms with E-state index in [9.17, 15) is 9.59 Å². The molecule has 2 aromatic heterocycles. The SMILES string of the molecule is CC(C)(C)c1cc(NC(=O)C2=NN(c3ccccc3)C(C(N)=O)C2)n(-c2ccccn2)n1. The van der Waals surface area contributed by atoms with E-state index >= 15 is 0 Å². The summed E-state index contributed by atoms with van der Waals surface area (Å²) < 4.78 is 1.59. The largest absolute Gasteiger partial charge is 0.368 e. The molecule has 3 heterocycles. The lowest BCUT2D eigenvalue weighted by atomic mass is 9.92. The zero-order valence-electron chi connectivity index (χ0n) is 18.2. The topological polar surface area (TPSA) is 118 Å². The van der Waals surface area contributed by atoms with Crippen molar-refractivity contribution in [1.82, 2.24) is 14.8 Å². The van der Waals surface area contributed by atoms with E-state index in [0.29, 0.717) is 17.3 Å². The van der Waals surface area contributed by atoms with E-state index in [1.54, 1.807) is 10.9 Å². The fourth-order valence-electron chi connectivity index (χ4n) is 3.37. The van der Waals surface area contributed by atoms with Crippen molar-refractivity contribution in [2.24, 2.45) is 10.8 Å². The van der Waals surface area contributed by atoms with Crippen LogP contribution < -0.4 is 16.1 Å². The first-order chi connectivity index (χ1) is 15.2. The van der Waals surface area contributed by atoms with Crippen LogP contribution in [0.2, 0.25) is 0 Å². The fraction of sp³-hybridized carbons (Fsp3) is 0.261. The van der Waals surface area contributed by atoms with Crippen LogP contribution >= 0.6 is 0 Å². The van der Waals surface area contributed by atoms with Crippen LogP contribution in [0.3, 0.4) is 0 Å². The summed E-state index contributed by atoms with van der Waals surface area (Å²) in [7, 11) is 0. The minimum Gasteiger partial charge on any atom is -0.368 e. The summed E-state index contributed by atoms with van der Waals surface area (Å²) in [4.78, 5) is 29.5. The van der Waals surface area contributed by atoms with Gasteiger partial charge in [0.1, 0.15) is 17.6 Å². The number of hydrazone groups is 1. The molecule has 1 atom stereocenters. The highest BCUT2D eigenvalue weighted by atomic mass is 16.2. The van der Waals surface area contributed by atoms with Gasteiger partial charge in [-0.1, -0.05) is 45.0 Å². The molecular weight excluding hydrogens is 406 g/mol. The van der Waals surface area contributed by atoms with Gasteiger partial charge in [-0.2, -0.15) is 14.9 Å². The second kappa shape index (κ2) is 8.26. The average molecular weight is 432 g/mol. The number of nitrogens with one attached hydrogen (secondary N) is 1. The summed E-state index contributed by atoms with van der Waals surface area (Å²) in [5.41, 5.74) is 7.05. The Kier molecular flexibility index (Phi) is 5.48. The van der Waals surface area contributed by atoms with Gasteiger partial charge in [0.05, 0.1) is 11.4 Å². The quantitative estimate of drug-likeness (QED) is 0.644. The molecule has 0 saturated carbocycles. The number of anilines is 2. The van der Waals surface area contributed by atoms with Crippen LogP contribution in [0, 0.1) is 0 Å². The predicted molar refractivity (Wildman–Crippen MR) is 123 cm³/mol. The molecule has 0 fully saturated rings. The molecule has 3 aromatic rings. The summed E-state index contributed by atoms with van der Waals surface area (Å²) in [6, 6.07) is 15.7. The monoisotopic (exact) mass is 431 g/mol. The van der Waals surface area contributed by atoms with Gasteiger partial charge in [-0.3, -0.25) is 14.6 Å². The van der Waals surface area contributed by atoms with E-state index in [1.165, 1.54) is 5.01 Å². The number of aromatic nitrogens is 3. The molecule has 0 bridgehead atoms. The second-order valence-corrected chi connectivity index (χ2v) is 8.57. The number of primary amides is 1. The highest BCUT2D eigenvalue weighted by molar-refractivity contribution is 6.44.